The fraction of sp³-hybridized carbons (Fsp3) is 0.333. The zero-order valence-corrected chi connectivity index (χ0v) is 15.1. The zero-order valence-electron chi connectivity index (χ0n) is 15.1. The lowest BCUT2D eigenvalue weighted by Gasteiger charge is -2.16. The van der Waals surface area contributed by atoms with Crippen LogP contribution in [0.2, 0.25) is 0 Å². The smallest absolute Gasteiger partial charge is 0.133 e. The highest BCUT2D eigenvalue weighted by molar-refractivity contribution is 5.57. The molecule has 0 radical (unpaired) electrons. The lowest BCUT2D eigenvalue weighted by molar-refractivity contribution is 0.343. The number of methoxy groups -OCH3 is 1. The van der Waals surface area contributed by atoms with Gasteiger partial charge in [-0.3, -0.25) is 0 Å². The molecule has 2 aromatic carbocycles. The molecule has 0 aliphatic carbocycles. The molecule has 0 aliphatic heterocycles. The van der Waals surface area contributed by atoms with Gasteiger partial charge in [0.1, 0.15) is 17.2 Å². The standard InChI is InChI=1S/C21H26O3/c1-14(2)19-13-18(8-9-20(19)23-5)24-21-15(3)11-17(7-6-10-22)12-16(21)4/h6-9,11-14,22H,10H2,1-5H3/b7-6+. The van der Waals surface area contributed by atoms with Crippen LogP contribution in [0.1, 0.15) is 42.0 Å². The molecular weight excluding hydrogens is 300 g/mol. The summed E-state index contributed by atoms with van der Waals surface area (Å²) in [7, 11) is 1.69. The number of benzene rings is 2. The Labute approximate surface area is 144 Å². The van der Waals surface area contributed by atoms with Gasteiger partial charge in [-0.2, -0.15) is 0 Å². The summed E-state index contributed by atoms with van der Waals surface area (Å²) in [4.78, 5) is 0. The van der Waals surface area contributed by atoms with Crippen LogP contribution in [0.3, 0.4) is 0 Å². The van der Waals surface area contributed by atoms with Crippen molar-refractivity contribution in [2.45, 2.75) is 33.6 Å². The van der Waals surface area contributed by atoms with Gasteiger partial charge in [0.15, 0.2) is 0 Å². The Morgan fingerprint density at radius 2 is 1.75 bits per heavy atom. The van der Waals surface area contributed by atoms with Gasteiger partial charge in [-0.1, -0.05) is 26.0 Å². The molecule has 0 saturated heterocycles. The first-order valence-corrected chi connectivity index (χ1v) is 8.20. The number of aliphatic hydroxyl groups is 1. The fourth-order valence-electron chi connectivity index (χ4n) is 2.77. The molecule has 3 nitrogen and oxygen atoms in total. The summed E-state index contributed by atoms with van der Waals surface area (Å²) in [5, 5.41) is 8.91. The lowest BCUT2D eigenvalue weighted by Crippen LogP contribution is -1.97. The average Bonchev–Trinajstić information content (AvgIpc) is 2.56. The van der Waals surface area contributed by atoms with E-state index in [-0.39, 0.29) is 6.61 Å². The van der Waals surface area contributed by atoms with Crippen molar-refractivity contribution in [1.29, 1.82) is 0 Å². The SMILES string of the molecule is COc1ccc(Oc2c(C)cc(/C=C/CO)cc2C)cc1C(C)C. The van der Waals surface area contributed by atoms with E-state index < -0.39 is 0 Å². The molecule has 1 N–H and O–H groups in total. The molecule has 0 fully saturated rings. The number of ether oxygens (including phenoxy) is 2. The van der Waals surface area contributed by atoms with Gasteiger partial charge in [0.05, 0.1) is 13.7 Å². The van der Waals surface area contributed by atoms with Gasteiger partial charge in [-0.25, -0.2) is 0 Å². The van der Waals surface area contributed by atoms with Crippen LogP contribution in [0.15, 0.2) is 36.4 Å². The predicted octanol–water partition coefficient (Wildman–Crippen LogP) is 5.23. The van der Waals surface area contributed by atoms with Crippen LogP contribution >= 0.6 is 0 Å². The Morgan fingerprint density at radius 1 is 1.08 bits per heavy atom. The third kappa shape index (κ3) is 4.18. The van der Waals surface area contributed by atoms with E-state index in [1.807, 2.05) is 38.1 Å². The van der Waals surface area contributed by atoms with Crippen LogP contribution < -0.4 is 9.47 Å². The molecule has 0 heterocycles. The van der Waals surface area contributed by atoms with E-state index in [1.165, 1.54) is 0 Å². The Bertz CT molecular complexity index is 707. The number of hydrogen-bond donors (Lipinski definition) is 1. The van der Waals surface area contributed by atoms with Crippen LogP contribution in [-0.2, 0) is 0 Å². The van der Waals surface area contributed by atoms with Crippen LogP contribution in [-0.4, -0.2) is 18.8 Å². The van der Waals surface area contributed by atoms with Crippen molar-refractivity contribution in [3.63, 3.8) is 0 Å². The van der Waals surface area contributed by atoms with Crippen molar-refractivity contribution in [3.05, 3.63) is 58.7 Å². The summed E-state index contributed by atoms with van der Waals surface area (Å²) in [6, 6.07) is 10.0. The number of aryl methyl sites for hydroxylation is 2. The third-order valence-corrected chi connectivity index (χ3v) is 3.94. The van der Waals surface area contributed by atoms with E-state index in [0.717, 1.165) is 39.5 Å². The highest BCUT2D eigenvalue weighted by Gasteiger charge is 2.12. The molecule has 24 heavy (non-hydrogen) atoms. The molecule has 0 saturated carbocycles. The quantitative estimate of drug-likeness (QED) is 0.789. The molecule has 2 aromatic rings. The second-order valence-corrected chi connectivity index (χ2v) is 6.23. The van der Waals surface area contributed by atoms with Gasteiger partial charge in [0.2, 0.25) is 0 Å². The first kappa shape index (κ1) is 18.1. The van der Waals surface area contributed by atoms with Crippen molar-refractivity contribution < 1.29 is 14.6 Å². The van der Waals surface area contributed by atoms with E-state index in [4.69, 9.17) is 14.6 Å². The average molecular weight is 326 g/mol. The Kier molecular flexibility index (Phi) is 6.04. The summed E-state index contributed by atoms with van der Waals surface area (Å²) in [6.07, 6.45) is 3.64. The van der Waals surface area contributed by atoms with Gasteiger partial charge >= 0.3 is 0 Å². The summed E-state index contributed by atoms with van der Waals surface area (Å²) in [5.41, 5.74) is 4.32. The van der Waals surface area contributed by atoms with Crippen LogP contribution in [0.5, 0.6) is 17.2 Å². The summed E-state index contributed by atoms with van der Waals surface area (Å²) < 4.78 is 11.6. The van der Waals surface area contributed by atoms with Crippen molar-refractivity contribution >= 4 is 6.08 Å². The Hall–Kier alpha value is -2.26. The van der Waals surface area contributed by atoms with E-state index >= 15 is 0 Å². The van der Waals surface area contributed by atoms with E-state index in [1.54, 1.807) is 13.2 Å². The van der Waals surface area contributed by atoms with Gasteiger partial charge < -0.3 is 14.6 Å². The maximum absolute atomic E-state index is 8.91. The number of hydrogen-bond acceptors (Lipinski definition) is 3. The van der Waals surface area contributed by atoms with Crippen LogP contribution in [0, 0.1) is 13.8 Å². The minimum atomic E-state index is 0.0418. The first-order valence-electron chi connectivity index (χ1n) is 8.20. The number of aliphatic hydroxyl groups excluding tert-OH is 1. The second-order valence-electron chi connectivity index (χ2n) is 6.23. The highest BCUT2D eigenvalue weighted by atomic mass is 16.5. The normalized spacial score (nSPS) is 11.3. The van der Waals surface area contributed by atoms with E-state index in [9.17, 15) is 0 Å². The van der Waals surface area contributed by atoms with Gasteiger partial charge in [0, 0.05) is 5.56 Å². The molecule has 128 valence electrons. The molecule has 0 unspecified atom stereocenters. The van der Waals surface area contributed by atoms with Gasteiger partial charge in [0.25, 0.3) is 0 Å². The van der Waals surface area contributed by atoms with Crippen LogP contribution in [0.25, 0.3) is 6.08 Å². The molecular formula is C21H26O3. The highest BCUT2D eigenvalue weighted by Crippen LogP contribution is 2.35. The van der Waals surface area contributed by atoms with Crippen molar-refractivity contribution in [1.82, 2.24) is 0 Å². The molecule has 0 spiro atoms. The molecule has 0 atom stereocenters. The maximum atomic E-state index is 8.91. The maximum Gasteiger partial charge on any atom is 0.133 e. The van der Waals surface area contributed by atoms with Crippen molar-refractivity contribution in [3.8, 4) is 17.2 Å². The molecule has 2 rings (SSSR count). The van der Waals surface area contributed by atoms with Gasteiger partial charge in [-0.15, -0.1) is 0 Å². The van der Waals surface area contributed by atoms with E-state index in [0.29, 0.717) is 5.92 Å². The van der Waals surface area contributed by atoms with Crippen LogP contribution in [0.4, 0.5) is 0 Å². The third-order valence-electron chi connectivity index (χ3n) is 3.94. The predicted molar refractivity (Wildman–Crippen MR) is 99.2 cm³/mol. The summed E-state index contributed by atoms with van der Waals surface area (Å²) in [5.74, 6) is 2.92. The summed E-state index contributed by atoms with van der Waals surface area (Å²) >= 11 is 0. The van der Waals surface area contributed by atoms with E-state index in [2.05, 4.69) is 26.0 Å². The molecule has 0 bridgehead atoms. The first-order chi connectivity index (χ1) is 11.5. The lowest BCUT2D eigenvalue weighted by atomic mass is 10.0. The fourth-order valence-corrected chi connectivity index (χ4v) is 2.77. The topological polar surface area (TPSA) is 38.7 Å². The minimum Gasteiger partial charge on any atom is -0.496 e. The second kappa shape index (κ2) is 8.02. The van der Waals surface area contributed by atoms with Crippen molar-refractivity contribution in [2.24, 2.45) is 0 Å². The minimum absolute atomic E-state index is 0.0418. The summed E-state index contributed by atoms with van der Waals surface area (Å²) in [6.45, 7) is 8.39. The Balaban J connectivity index is 2.34. The van der Waals surface area contributed by atoms with Gasteiger partial charge in [-0.05, 0) is 66.8 Å². The Morgan fingerprint density at radius 3 is 2.29 bits per heavy atom. The number of rotatable bonds is 6. The molecule has 0 amide bonds. The molecule has 3 heteroatoms. The molecule has 0 aromatic heterocycles. The largest absolute Gasteiger partial charge is 0.496 e. The van der Waals surface area contributed by atoms with Crippen molar-refractivity contribution in [2.75, 3.05) is 13.7 Å². The monoisotopic (exact) mass is 326 g/mol. The molecule has 0 aliphatic rings. The zero-order chi connectivity index (χ0) is 17.7.